The maximum atomic E-state index is 11.3. The van der Waals surface area contributed by atoms with Crippen LogP contribution in [-0.4, -0.2) is 32.7 Å². The summed E-state index contributed by atoms with van der Waals surface area (Å²) >= 11 is 0. The van der Waals surface area contributed by atoms with Crippen molar-refractivity contribution in [2.24, 2.45) is 5.11 Å². The average molecular weight is 275 g/mol. The van der Waals surface area contributed by atoms with Crippen LogP contribution < -0.4 is 10.6 Å². The molecule has 0 aromatic heterocycles. The first-order valence-corrected chi connectivity index (χ1v) is 6.43. The monoisotopic (exact) mass is 275 g/mol. The van der Waals surface area contributed by atoms with E-state index in [2.05, 4.69) is 20.7 Å². The summed E-state index contributed by atoms with van der Waals surface area (Å²) in [4.78, 5) is 14.1. The van der Waals surface area contributed by atoms with Gasteiger partial charge in [0.25, 0.3) is 0 Å². The minimum atomic E-state index is -0.110. The third kappa shape index (κ3) is 3.40. The molecule has 106 valence electrons. The highest BCUT2D eigenvalue weighted by Gasteiger charge is 2.22. The van der Waals surface area contributed by atoms with Crippen molar-refractivity contribution in [2.75, 3.05) is 32.1 Å². The van der Waals surface area contributed by atoms with E-state index in [0.29, 0.717) is 18.2 Å². The number of hydrogen-bond donors (Lipinski definition) is 2. The number of fused-ring (bicyclic) bond motifs is 1. The van der Waals surface area contributed by atoms with E-state index in [1.165, 1.54) is 7.11 Å². The molecule has 0 saturated carbocycles. The van der Waals surface area contributed by atoms with Crippen LogP contribution in [-0.2, 0) is 9.53 Å². The molecule has 1 heterocycles. The molecule has 0 saturated heterocycles. The Labute approximate surface area is 116 Å². The Balaban J connectivity index is 1.95. The maximum Gasteiger partial charge on any atom is 0.245 e. The van der Waals surface area contributed by atoms with Crippen LogP contribution in [0.2, 0.25) is 0 Å². The Morgan fingerprint density at radius 3 is 3.25 bits per heavy atom. The Morgan fingerprint density at radius 1 is 1.65 bits per heavy atom. The summed E-state index contributed by atoms with van der Waals surface area (Å²) in [7, 11) is 1.49. The third-order valence-electron chi connectivity index (χ3n) is 3.26. The van der Waals surface area contributed by atoms with Gasteiger partial charge in [0.15, 0.2) is 0 Å². The molecule has 1 aromatic rings. The average Bonchev–Trinajstić information content (AvgIpc) is 2.82. The number of azide groups is 1. The van der Waals surface area contributed by atoms with E-state index in [0.717, 1.165) is 24.2 Å². The zero-order valence-corrected chi connectivity index (χ0v) is 11.3. The number of hydrogen-bond acceptors (Lipinski definition) is 4. The molecular formula is C13H17N5O2. The molecule has 2 N–H and O–H groups in total. The second-order valence-electron chi connectivity index (χ2n) is 4.61. The number of rotatable bonds is 6. The van der Waals surface area contributed by atoms with Crippen molar-refractivity contribution in [3.8, 4) is 0 Å². The van der Waals surface area contributed by atoms with Gasteiger partial charge in [-0.05, 0) is 29.6 Å². The predicted molar refractivity (Wildman–Crippen MR) is 76.0 cm³/mol. The Kier molecular flexibility index (Phi) is 4.81. The summed E-state index contributed by atoms with van der Waals surface area (Å²) < 4.78 is 4.75. The molecule has 1 aliphatic heterocycles. The van der Waals surface area contributed by atoms with Crippen molar-refractivity contribution >= 4 is 17.3 Å². The van der Waals surface area contributed by atoms with Crippen LogP contribution in [0.5, 0.6) is 0 Å². The number of amides is 1. The summed E-state index contributed by atoms with van der Waals surface area (Å²) in [5.41, 5.74) is 11.3. The smallest absolute Gasteiger partial charge is 0.245 e. The van der Waals surface area contributed by atoms with Crippen molar-refractivity contribution in [1.29, 1.82) is 0 Å². The minimum absolute atomic E-state index is 0.0839. The number of carbonyl (C=O) groups is 1. The van der Waals surface area contributed by atoms with Crippen molar-refractivity contribution in [2.45, 2.75) is 12.3 Å². The topological polar surface area (TPSA) is 99.1 Å². The molecule has 0 radical (unpaired) electrons. The van der Waals surface area contributed by atoms with E-state index in [9.17, 15) is 4.79 Å². The van der Waals surface area contributed by atoms with Gasteiger partial charge in [-0.15, -0.1) is 0 Å². The second kappa shape index (κ2) is 6.79. The number of carbonyl (C=O) groups excluding carboxylic acids is 1. The molecular weight excluding hydrogens is 258 g/mol. The molecule has 1 aromatic carbocycles. The van der Waals surface area contributed by atoms with Gasteiger partial charge in [-0.3, -0.25) is 4.79 Å². The molecule has 0 aliphatic carbocycles. The van der Waals surface area contributed by atoms with Gasteiger partial charge >= 0.3 is 0 Å². The predicted octanol–water partition coefficient (Wildman–Crippen LogP) is 2.29. The maximum absolute atomic E-state index is 11.3. The standard InChI is InChI=1S/C13H17N5O2/c1-20-8-13(19)15-5-4-9-7-16-12-3-2-10(17-18-14)6-11(9)12/h2-3,6,9,16H,4-5,7-8H2,1H3,(H,15,19). The molecule has 0 bridgehead atoms. The SMILES string of the molecule is COCC(=O)NCCC1CNc2ccc(N=[N+]=[N-])cc21. The molecule has 0 fully saturated rings. The van der Waals surface area contributed by atoms with Crippen LogP contribution in [0.1, 0.15) is 17.9 Å². The van der Waals surface area contributed by atoms with E-state index in [4.69, 9.17) is 10.3 Å². The summed E-state index contributed by atoms with van der Waals surface area (Å²) in [5, 5.41) is 9.74. The summed E-state index contributed by atoms with van der Waals surface area (Å²) in [6.45, 7) is 1.51. The number of ether oxygens (including phenoxy) is 1. The number of nitrogens with zero attached hydrogens (tertiary/aromatic N) is 3. The van der Waals surface area contributed by atoms with Crippen molar-refractivity contribution in [3.63, 3.8) is 0 Å². The quantitative estimate of drug-likeness (QED) is 0.473. The van der Waals surface area contributed by atoms with Crippen LogP contribution in [0.25, 0.3) is 10.4 Å². The fraction of sp³-hybridized carbons (Fsp3) is 0.462. The summed E-state index contributed by atoms with van der Waals surface area (Å²) in [6, 6.07) is 5.61. The molecule has 1 atom stereocenters. The first kappa shape index (κ1) is 14.2. The van der Waals surface area contributed by atoms with E-state index in [-0.39, 0.29) is 12.5 Å². The third-order valence-corrected chi connectivity index (χ3v) is 3.26. The first-order chi connectivity index (χ1) is 9.74. The lowest BCUT2D eigenvalue weighted by atomic mass is 9.97. The Hall–Kier alpha value is -2.24. The van der Waals surface area contributed by atoms with Gasteiger partial charge in [0.2, 0.25) is 5.91 Å². The van der Waals surface area contributed by atoms with Crippen LogP contribution in [0.3, 0.4) is 0 Å². The van der Waals surface area contributed by atoms with E-state index >= 15 is 0 Å². The van der Waals surface area contributed by atoms with E-state index in [1.807, 2.05) is 12.1 Å². The van der Waals surface area contributed by atoms with Gasteiger partial charge in [0.05, 0.1) is 0 Å². The Bertz CT molecular complexity index is 540. The van der Waals surface area contributed by atoms with Gasteiger partial charge in [0.1, 0.15) is 6.61 Å². The van der Waals surface area contributed by atoms with Gasteiger partial charge < -0.3 is 15.4 Å². The number of nitrogens with one attached hydrogen (secondary N) is 2. The first-order valence-electron chi connectivity index (χ1n) is 6.43. The molecule has 2 rings (SSSR count). The minimum Gasteiger partial charge on any atom is -0.384 e. The molecule has 20 heavy (non-hydrogen) atoms. The molecule has 7 nitrogen and oxygen atoms in total. The molecule has 1 unspecified atom stereocenters. The highest BCUT2D eigenvalue weighted by atomic mass is 16.5. The van der Waals surface area contributed by atoms with Crippen LogP contribution in [0.15, 0.2) is 23.3 Å². The van der Waals surface area contributed by atoms with Crippen LogP contribution in [0.4, 0.5) is 11.4 Å². The lowest BCUT2D eigenvalue weighted by Crippen LogP contribution is -2.29. The Morgan fingerprint density at radius 2 is 2.50 bits per heavy atom. The second-order valence-corrected chi connectivity index (χ2v) is 4.61. The fourth-order valence-corrected chi connectivity index (χ4v) is 2.33. The lowest BCUT2D eigenvalue weighted by molar-refractivity contribution is -0.124. The largest absolute Gasteiger partial charge is 0.384 e. The van der Waals surface area contributed by atoms with Gasteiger partial charge in [-0.25, -0.2) is 0 Å². The van der Waals surface area contributed by atoms with Gasteiger partial charge in [0, 0.05) is 42.4 Å². The normalized spacial score (nSPS) is 15.9. The highest BCUT2D eigenvalue weighted by Crippen LogP contribution is 2.35. The van der Waals surface area contributed by atoms with Gasteiger partial charge in [-0.1, -0.05) is 11.2 Å². The summed E-state index contributed by atoms with van der Waals surface area (Å²) in [5.74, 6) is 0.197. The van der Waals surface area contributed by atoms with E-state index in [1.54, 1.807) is 6.07 Å². The van der Waals surface area contributed by atoms with Crippen molar-refractivity contribution < 1.29 is 9.53 Å². The van der Waals surface area contributed by atoms with Crippen molar-refractivity contribution in [1.82, 2.24) is 5.32 Å². The molecule has 1 aliphatic rings. The molecule has 0 spiro atoms. The number of benzene rings is 1. The van der Waals surface area contributed by atoms with Gasteiger partial charge in [-0.2, -0.15) is 0 Å². The number of methoxy groups -OCH3 is 1. The highest BCUT2D eigenvalue weighted by molar-refractivity contribution is 5.77. The number of anilines is 1. The van der Waals surface area contributed by atoms with Crippen LogP contribution in [0, 0.1) is 0 Å². The zero-order chi connectivity index (χ0) is 14.4. The fourth-order valence-electron chi connectivity index (χ4n) is 2.33. The summed E-state index contributed by atoms with van der Waals surface area (Å²) in [6.07, 6.45) is 0.829. The molecule has 7 heteroatoms. The lowest BCUT2D eigenvalue weighted by Gasteiger charge is -2.11. The van der Waals surface area contributed by atoms with E-state index < -0.39 is 0 Å². The van der Waals surface area contributed by atoms with Crippen molar-refractivity contribution in [3.05, 3.63) is 34.2 Å². The van der Waals surface area contributed by atoms with Crippen LogP contribution >= 0.6 is 0 Å². The molecule has 1 amide bonds. The zero-order valence-electron chi connectivity index (χ0n) is 11.3.